The molecule has 1 amide bonds. The minimum atomic E-state index is -0.646. The molecule has 1 fully saturated rings. The second-order valence-electron chi connectivity index (χ2n) is 9.32. The molecule has 1 aliphatic rings. The first-order valence-corrected chi connectivity index (χ1v) is 13.6. The molecule has 3 heterocycles. The normalized spacial score (nSPS) is 20.9. The third-order valence-corrected chi connectivity index (χ3v) is 7.78. The van der Waals surface area contributed by atoms with Crippen molar-refractivity contribution in [1.82, 2.24) is 4.98 Å². The highest BCUT2D eigenvalue weighted by atomic mass is 32.2. The summed E-state index contributed by atoms with van der Waals surface area (Å²) in [6.45, 7) is 2.06. The van der Waals surface area contributed by atoms with Crippen LogP contribution in [0.5, 0.6) is 0 Å². The van der Waals surface area contributed by atoms with Crippen molar-refractivity contribution >= 4 is 23.4 Å². The number of rotatable bonds is 8. The van der Waals surface area contributed by atoms with Gasteiger partial charge >= 0.3 is 0 Å². The molecule has 0 radical (unpaired) electrons. The van der Waals surface area contributed by atoms with Crippen LogP contribution in [0, 0.1) is 11.1 Å². The minimum Gasteiger partial charge on any atom is -0.618 e. The number of amides is 1. The summed E-state index contributed by atoms with van der Waals surface area (Å²) in [5.41, 5.74) is 3.75. The number of ether oxygens (including phenoxy) is 2. The van der Waals surface area contributed by atoms with Gasteiger partial charge in [-0.2, -0.15) is 4.73 Å². The number of anilines is 1. The Morgan fingerprint density at radius 1 is 1.03 bits per heavy atom. The van der Waals surface area contributed by atoms with Gasteiger partial charge in [0, 0.05) is 47.4 Å². The molecule has 4 unspecified atom stereocenters. The summed E-state index contributed by atoms with van der Waals surface area (Å²) in [5, 5.41) is 25.1. The van der Waals surface area contributed by atoms with Crippen LogP contribution in [0.25, 0.3) is 0 Å². The van der Waals surface area contributed by atoms with Gasteiger partial charge in [0.25, 0.3) is 10.9 Å². The van der Waals surface area contributed by atoms with Crippen molar-refractivity contribution < 1.29 is 24.1 Å². The predicted octanol–water partition coefficient (Wildman–Crippen LogP) is 5.04. The largest absolute Gasteiger partial charge is 0.618 e. The maximum Gasteiger partial charge on any atom is 0.257 e. The van der Waals surface area contributed by atoms with Gasteiger partial charge in [0.1, 0.15) is 0 Å². The summed E-state index contributed by atoms with van der Waals surface area (Å²) in [6.07, 6.45) is 3.51. The summed E-state index contributed by atoms with van der Waals surface area (Å²) < 4.78 is 13.8. The van der Waals surface area contributed by atoms with Crippen LogP contribution in [0.1, 0.15) is 46.4 Å². The van der Waals surface area contributed by atoms with Crippen LogP contribution in [0.4, 0.5) is 5.69 Å². The zero-order valence-electron chi connectivity index (χ0n) is 21.3. The Kier molecular flexibility index (Phi) is 8.53. The molecular weight excluding hydrogens is 514 g/mol. The molecule has 8 nitrogen and oxygen atoms in total. The standard InChI is InChI=1S/C30H29N3O5S/c1-20-26(19-39-27-6-2-3-16-33(27)36)37-30(38-28(20)22-9-7-21(18-34)8-10-22)23-11-13-25(14-12-23)32-29(35)24-5-4-15-31-17-24/h2-17,20,26,28,30,34H,18-19H2,1H3,(H,32,35). The number of benzene rings is 2. The quantitative estimate of drug-likeness (QED) is 0.182. The van der Waals surface area contributed by atoms with Crippen LogP contribution in [0.15, 0.2) is 102 Å². The van der Waals surface area contributed by atoms with E-state index in [0.29, 0.717) is 22.0 Å². The molecule has 39 heavy (non-hydrogen) atoms. The zero-order chi connectivity index (χ0) is 27.2. The maximum atomic E-state index is 12.5. The van der Waals surface area contributed by atoms with Gasteiger partial charge < -0.3 is 25.1 Å². The lowest BCUT2D eigenvalue weighted by Crippen LogP contribution is -2.39. The molecular formula is C30H29N3O5S. The summed E-state index contributed by atoms with van der Waals surface area (Å²) in [6, 6.07) is 23.9. The van der Waals surface area contributed by atoms with Crippen molar-refractivity contribution in [1.29, 1.82) is 0 Å². The first-order valence-electron chi connectivity index (χ1n) is 12.6. The summed E-state index contributed by atoms with van der Waals surface area (Å²) in [5.74, 6) is 0.322. The highest BCUT2D eigenvalue weighted by molar-refractivity contribution is 7.99. The molecule has 2 aromatic carbocycles. The van der Waals surface area contributed by atoms with Gasteiger partial charge in [0.05, 0.1) is 24.4 Å². The number of carbonyl (C=O) groups is 1. The molecule has 4 atom stereocenters. The molecule has 0 bridgehead atoms. The average molecular weight is 544 g/mol. The third-order valence-electron chi connectivity index (χ3n) is 6.67. The van der Waals surface area contributed by atoms with Crippen molar-refractivity contribution in [3.8, 4) is 0 Å². The van der Waals surface area contributed by atoms with E-state index in [1.165, 1.54) is 24.2 Å². The molecule has 4 aromatic rings. The molecule has 5 rings (SSSR count). The first kappa shape index (κ1) is 26.8. The average Bonchev–Trinajstić information content (AvgIpc) is 2.98. The Bertz CT molecular complexity index is 1390. The van der Waals surface area contributed by atoms with Gasteiger partial charge in [-0.05, 0) is 41.5 Å². The number of nitrogens with zero attached hydrogens (tertiary/aromatic N) is 2. The van der Waals surface area contributed by atoms with Crippen LogP contribution in [-0.4, -0.2) is 27.9 Å². The molecule has 2 aromatic heterocycles. The molecule has 0 saturated carbocycles. The third kappa shape index (κ3) is 6.46. The van der Waals surface area contributed by atoms with E-state index in [1.807, 2.05) is 54.6 Å². The maximum absolute atomic E-state index is 12.5. The van der Waals surface area contributed by atoms with E-state index in [9.17, 15) is 15.1 Å². The fourth-order valence-electron chi connectivity index (χ4n) is 4.43. The van der Waals surface area contributed by atoms with E-state index < -0.39 is 6.29 Å². The van der Waals surface area contributed by atoms with Crippen molar-refractivity contribution in [3.63, 3.8) is 0 Å². The topological polar surface area (TPSA) is 108 Å². The van der Waals surface area contributed by atoms with Crippen LogP contribution in [0.2, 0.25) is 0 Å². The van der Waals surface area contributed by atoms with Gasteiger partial charge in [-0.15, -0.1) is 0 Å². The summed E-state index contributed by atoms with van der Waals surface area (Å²) >= 11 is 1.45. The zero-order valence-corrected chi connectivity index (χ0v) is 22.2. The summed E-state index contributed by atoms with van der Waals surface area (Å²) in [7, 11) is 0. The number of carbonyl (C=O) groups excluding carboxylic acids is 1. The van der Waals surface area contributed by atoms with E-state index in [-0.39, 0.29) is 30.6 Å². The number of aliphatic hydroxyl groups is 1. The lowest BCUT2D eigenvalue weighted by molar-refractivity contribution is -0.645. The molecule has 2 N–H and O–H groups in total. The van der Waals surface area contributed by atoms with Crippen LogP contribution in [-0.2, 0) is 16.1 Å². The lowest BCUT2D eigenvalue weighted by Gasteiger charge is -2.41. The fraction of sp³-hybridized carbons (Fsp3) is 0.233. The first-order chi connectivity index (χ1) is 19.0. The van der Waals surface area contributed by atoms with Gasteiger partial charge in [-0.25, -0.2) is 0 Å². The van der Waals surface area contributed by atoms with Gasteiger partial charge in [-0.1, -0.05) is 55.1 Å². The number of hydrogen-bond acceptors (Lipinski definition) is 7. The number of pyridine rings is 2. The van der Waals surface area contributed by atoms with Crippen LogP contribution >= 0.6 is 11.8 Å². The van der Waals surface area contributed by atoms with E-state index in [1.54, 1.807) is 30.5 Å². The van der Waals surface area contributed by atoms with Crippen molar-refractivity contribution in [2.75, 3.05) is 11.1 Å². The number of hydrogen-bond donors (Lipinski definition) is 2. The van der Waals surface area contributed by atoms with Crippen molar-refractivity contribution in [3.05, 3.63) is 125 Å². The Morgan fingerprint density at radius 3 is 2.49 bits per heavy atom. The number of thioether (sulfide) groups is 1. The van der Waals surface area contributed by atoms with E-state index >= 15 is 0 Å². The Morgan fingerprint density at radius 2 is 1.79 bits per heavy atom. The molecule has 9 heteroatoms. The monoisotopic (exact) mass is 543 g/mol. The molecule has 0 aliphatic carbocycles. The van der Waals surface area contributed by atoms with Crippen molar-refractivity contribution in [2.24, 2.45) is 5.92 Å². The lowest BCUT2D eigenvalue weighted by atomic mass is 9.91. The number of aromatic nitrogens is 2. The molecule has 1 saturated heterocycles. The SMILES string of the molecule is CC1C(CSc2cccc[n+]2[O-])OC(c2ccc(NC(=O)c3cccnc3)cc2)OC1c1ccc(CO)cc1. The van der Waals surface area contributed by atoms with Crippen LogP contribution < -0.4 is 10.0 Å². The summed E-state index contributed by atoms with van der Waals surface area (Å²) in [4.78, 5) is 16.5. The van der Waals surface area contributed by atoms with Gasteiger partial charge in [-0.3, -0.25) is 9.78 Å². The van der Waals surface area contributed by atoms with Gasteiger partial charge in [0.15, 0.2) is 12.5 Å². The molecule has 0 spiro atoms. The Balaban J connectivity index is 1.35. The number of aliphatic hydroxyl groups excluding tert-OH is 1. The predicted molar refractivity (Wildman–Crippen MR) is 148 cm³/mol. The highest BCUT2D eigenvalue weighted by Gasteiger charge is 2.38. The molecule has 1 aliphatic heterocycles. The second kappa shape index (κ2) is 12.4. The minimum absolute atomic E-state index is 0.00409. The second-order valence-corrected chi connectivity index (χ2v) is 10.4. The Labute approximate surface area is 231 Å². The van der Waals surface area contributed by atoms with Crippen LogP contribution in [0.3, 0.4) is 0 Å². The van der Waals surface area contributed by atoms with E-state index in [2.05, 4.69) is 17.2 Å². The van der Waals surface area contributed by atoms with E-state index in [4.69, 9.17) is 9.47 Å². The Hall–Kier alpha value is -3.76. The smallest absolute Gasteiger partial charge is 0.257 e. The van der Waals surface area contributed by atoms with E-state index in [0.717, 1.165) is 21.4 Å². The number of nitrogens with one attached hydrogen (secondary N) is 1. The molecule has 200 valence electrons. The van der Waals surface area contributed by atoms with Crippen molar-refractivity contribution in [2.45, 2.75) is 37.1 Å². The fourth-order valence-corrected chi connectivity index (χ4v) is 5.51. The highest BCUT2D eigenvalue weighted by Crippen LogP contribution is 2.43. The van der Waals surface area contributed by atoms with Gasteiger partial charge in [0.2, 0.25) is 0 Å².